The highest BCUT2D eigenvalue weighted by Gasteiger charge is 2.35. The van der Waals surface area contributed by atoms with Crippen LogP contribution in [0.4, 0.5) is 4.79 Å². The number of hydrogen-bond donors (Lipinski definition) is 1. The molecule has 0 spiro atoms. The van der Waals surface area contributed by atoms with Crippen molar-refractivity contribution in [1.29, 1.82) is 0 Å². The number of carbonyl (C=O) groups excluding carboxylic acids is 3. The van der Waals surface area contributed by atoms with E-state index >= 15 is 0 Å². The van der Waals surface area contributed by atoms with E-state index in [2.05, 4.69) is 5.32 Å². The Morgan fingerprint density at radius 2 is 1.88 bits per heavy atom. The van der Waals surface area contributed by atoms with Crippen LogP contribution in [0.15, 0.2) is 0 Å². The quantitative estimate of drug-likeness (QED) is 0.605. The lowest BCUT2D eigenvalue weighted by atomic mass is 10.1. The number of esters is 1. The van der Waals surface area contributed by atoms with Crippen molar-refractivity contribution in [2.75, 3.05) is 20.2 Å². The van der Waals surface area contributed by atoms with Gasteiger partial charge in [-0.2, -0.15) is 0 Å². The van der Waals surface area contributed by atoms with Crippen LogP contribution in [0.5, 0.6) is 0 Å². The van der Waals surface area contributed by atoms with E-state index in [4.69, 9.17) is 4.74 Å². The second-order valence-corrected chi connectivity index (χ2v) is 6.29. The van der Waals surface area contributed by atoms with Crippen LogP contribution in [0, 0.1) is 13.8 Å². The van der Waals surface area contributed by atoms with Gasteiger partial charge in [-0.3, -0.25) is 4.79 Å². The minimum absolute atomic E-state index is 0.0204. The highest BCUT2D eigenvalue weighted by molar-refractivity contribution is 6.04. The molecule has 0 bridgehead atoms. The zero-order valence-electron chi connectivity index (χ0n) is 15.6. The highest BCUT2D eigenvalue weighted by Crippen LogP contribution is 2.29. The van der Waals surface area contributed by atoms with Crippen LogP contribution >= 0.6 is 0 Å². The molecule has 0 aliphatic heterocycles. The van der Waals surface area contributed by atoms with E-state index in [9.17, 15) is 14.4 Å². The van der Waals surface area contributed by atoms with Crippen molar-refractivity contribution in [3.05, 3.63) is 22.5 Å². The molecule has 0 unspecified atom stereocenters. The van der Waals surface area contributed by atoms with Crippen LogP contribution in [0.2, 0.25) is 0 Å². The summed E-state index contributed by atoms with van der Waals surface area (Å²) >= 11 is 0. The molecule has 138 valence electrons. The zero-order valence-corrected chi connectivity index (χ0v) is 15.6. The third kappa shape index (κ3) is 3.70. The van der Waals surface area contributed by atoms with Gasteiger partial charge in [-0.05, 0) is 46.1 Å². The summed E-state index contributed by atoms with van der Waals surface area (Å²) in [5.74, 6) is -0.602. The summed E-state index contributed by atoms with van der Waals surface area (Å²) in [4.78, 5) is 38.9. The molecule has 2 rings (SSSR count). The van der Waals surface area contributed by atoms with E-state index in [1.165, 1.54) is 7.11 Å². The topological polar surface area (TPSA) is 80.6 Å². The minimum Gasteiger partial charge on any atom is -0.464 e. The Morgan fingerprint density at radius 3 is 2.36 bits per heavy atom. The smallest absolute Gasteiger partial charge is 0.354 e. The van der Waals surface area contributed by atoms with Crippen molar-refractivity contribution in [3.8, 4) is 0 Å². The van der Waals surface area contributed by atoms with E-state index in [0.29, 0.717) is 29.9 Å². The molecule has 1 saturated carbocycles. The molecular weight excluding hydrogens is 322 g/mol. The molecular formula is C18H27N3O4. The maximum Gasteiger partial charge on any atom is 0.354 e. The summed E-state index contributed by atoms with van der Waals surface area (Å²) in [5.41, 5.74) is 2.26. The van der Waals surface area contributed by atoms with Crippen molar-refractivity contribution in [3.63, 3.8) is 0 Å². The van der Waals surface area contributed by atoms with E-state index in [-0.39, 0.29) is 24.4 Å². The molecule has 7 nitrogen and oxygen atoms in total. The molecule has 7 heteroatoms. The van der Waals surface area contributed by atoms with Crippen LogP contribution in [-0.2, 0) is 11.3 Å². The summed E-state index contributed by atoms with van der Waals surface area (Å²) in [7, 11) is 1.33. The van der Waals surface area contributed by atoms with Crippen LogP contribution in [0.3, 0.4) is 0 Å². The van der Waals surface area contributed by atoms with E-state index in [0.717, 1.165) is 18.5 Å². The maximum atomic E-state index is 12.9. The molecule has 0 saturated heterocycles. The Labute approximate surface area is 148 Å². The molecule has 1 aromatic rings. The first-order chi connectivity index (χ1) is 11.9. The van der Waals surface area contributed by atoms with Gasteiger partial charge in [0.1, 0.15) is 5.69 Å². The third-order valence-corrected chi connectivity index (χ3v) is 4.63. The number of ether oxygens (including phenoxy) is 1. The molecule has 1 aliphatic carbocycles. The summed E-state index contributed by atoms with van der Waals surface area (Å²) in [6.45, 7) is 8.45. The number of Topliss-reactive ketones (excluding diaryl/α,β-unsaturated/α-hetero) is 1. The summed E-state index contributed by atoms with van der Waals surface area (Å²) in [5, 5.41) is 2.76. The normalized spacial score (nSPS) is 13.5. The lowest BCUT2D eigenvalue weighted by Crippen LogP contribution is -2.44. The van der Waals surface area contributed by atoms with Gasteiger partial charge in [-0.15, -0.1) is 0 Å². The summed E-state index contributed by atoms with van der Waals surface area (Å²) in [6, 6.07) is -0.0822. The predicted octanol–water partition coefficient (Wildman–Crippen LogP) is 2.29. The number of hydrogen-bond acceptors (Lipinski definition) is 4. The van der Waals surface area contributed by atoms with Crippen molar-refractivity contribution < 1.29 is 19.1 Å². The van der Waals surface area contributed by atoms with Crippen molar-refractivity contribution in [1.82, 2.24) is 14.8 Å². The molecule has 1 heterocycles. The van der Waals surface area contributed by atoms with Crippen LogP contribution in [-0.4, -0.2) is 53.5 Å². The second kappa shape index (κ2) is 7.72. The standard InChI is InChI=1S/C18H27N3O4/c1-6-19-18(24)21(13-8-9-13)10-14(22)15-11(3)16(17(23)25-5)20(7-2)12(15)4/h13H,6-10H2,1-5H3,(H,19,24). The predicted molar refractivity (Wildman–Crippen MR) is 94.1 cm³/mol. The Balaban J connectivity index is 2.34. The lowest BCUT2D eigenvalue weighted by Gasteiger charge is -2.22. The van der Waals surface area contributed by atoms with Gasteiger partial charge in [-0.25, -0.2) is 9.59 Å². The maximum absolute atomic E-state index is 12.9. The fourth-order valence-corrected chi connectivity index (χ4v) is 3.30. The number of methoxy groups -OCH3 is 1. The van der Waals surface area contributed by atoms with Gasteiger partial charge in [0, 0.05) is 30.4 Å². The molecule has 1 N–H and O–H groups in total. The Kier molecular flexibility index (Phi) is 5.87. The van der Waals surface area contributed by atoms with Gasteiger partial charge in [0.05, 0.1) is 13.7 Å². The largest absolute Gasteiger partial charge is 0.464 e. The van der Waals surface area contributed by atoms with Crippen molar-refractivity contribution >= 4 is 17.8 Å². The molecule has 2 amide bonds. The van der Waals surface area contributed by atoms with E-state index in [1.54, 1.807) is 16.4 Å². The molecule has 0 aromatic carbocycles. The molecule has 25 heavy (non-hydrogen) atoms. The van der Waals surface area contributed by atoms with Gasteiger partial charge >= 0.3 is 12.0 Å². The van der Waals surface area contributed by atoms with Gasteiger partial charge in [-0.1, -0.05) is 0 Å². The highest BCUT2D eigenvalue weighted by atomic mass is 16.5. The average Bonchev–Trinajstić information content (AvgIpc) is 3.37. The van der Waals surface area contributed by atoms with Gasteiger partial charge < -0.3 is 19.5 Å². The van der Waals surface area contributed by atoms with Crippen molar-refractivity contribution in [2.45, 2.75) is 53.1 Å². The number of rotatable bonds is 7. The van der Waals surface area contributed by atoms with Crippen LogP contribution in [0.1, 0.15) is 58.8 Å². The number of nitrogens with one attached hydrogen (secondary N) is 1. The summed E-state index contributed by atoms with van der Waals surface area (Å²) < 4.78 is 6.66. The minimum atomic E-state index is -0.454. The van der Waals surface area contributed by atoms with Crippen LogP contribution in [0.25, 0.3) is 0 Å². The number of ketones is 1. The van der Waals surface area contributed by atoms with Crippen molar-refractivity contribution in [2.24, 2.45) is 0 Å². The number of carbonyl (C=O) groups is 3. The average molecular weight is 349 g/mol. The van der Waals surface area contributed by atoms with Crippen LogP contribution < -0.4 is 5.32 Å². The zero-order chi connectivity index (χ0) is 18.7. The first-order valence-electron chi connectivity index (χ1n) is 8.72. The Morgan fingerprint density at radius 1 is 1.24 bits per heavy atom. The monoisotopic (exact) mass is 349 g/mol. The molecule has 0 radical (unpaired) electrons. The number of urea groups is 1. The van der Waals surface area contributed by atoms with Gasteiger partial charge in [0.25, 0.3) is 0 Å². The Bertz CT molecular complexity index is 689. The fraction of sp³-hybridized carbons (Fsp3) is 0.611. The van der Waals surface area contributed by atoms with Gasteiger partial charge in [0.15, 0.2) is 5.78 Å². The number of amides is 2. The first-order valence-corrected chi connectivity index (χ1v) is 8.72. The molecule has 1 fully saturated rings. The molecule has 1 aromatic heterocycles. The lowest BCUT2D eigenvalue weighted by molar-refractivity contribution is 0.0587. The number of aromatic nitrogens is 1. The first kappa shape index (κ1) is 19.0. The molecule has 0 atom stereocenters. The summed E-state index contributed by atoms with van der Waals surface area (Å²) in [6.07, 6.45) is 1.84. The Hall–Kier alpha value is -2.31. The fourth-order valence-electron chi connectivity index (χ4n) is 3.30. The molecule has 1 aliphatic rings. The van der Waals surface area contributed by atoms with E-state index in [1.807, 2.05) is 20.8 Å². The van der Waals surface area contributed by atoms with Gasteiger partial charge in [0.2, 0.25) is 0 Å². The second-order valence-electron chi connectivity index (χ2n) is 6.29. The SMILES string of the molecule is CCNC(=O)N(CC(=O)c1c(C)c(C(=O)OC)n(CC)c1C)C1CC1. The number of nitrogens with zero attached hydrogens (tertiary/aromatic N) is 2. The third-order valence-electron chi connectivity index (χ3n) is 4.63. The van der Waals surface area contributed by atoms with E-state index < -0.39 is 5.97 Å².